The lowest BCUT2D eigenvalue weighted by molar-refractivity contribution is -0.138. The van der Waals surface area contributed by atoms with Gasteiger partial charge in [0.25, 0.3) is 5.56 Å². The first-order chi connectivity index (χ1) is 10.5. The molecule has 1 fully saturated rings. The molecular formula is C13H17N5O4. The van der Waals surface area contributed by atoms with E-state index in [1.807, 2.05) is 4.90 Å². The molecule has 2 N–H and O–H groups in total. The first-order valence-electron chi connectivity index (χ1n) is 7.08. The summed E-state index contributed by atoms with van der Waals surface area (Å²) in [6.07, 6.45) is 2.54. The number of aromatic nitrogens is 4. The third-order valence-corrected chi connectivity index (χ3v) is 4.14. The fourth-order valence-electron chi connectivity index (χ4n) is 3.01. The number of rotatable bonds is 3. The monoisotopic (exact) mass is 307 g/mol. The standard InChI is InChI=1S/C13H17N5O4/c1-16-11-10(14-7-15-11)12(21)18(13(16)22)8-2-4-17(5-3-8)6-9(19)20/h7-8H,2-6H2,1H3,(H,14,15)(H,19,20). The van der Waals surface area contributed by atoms with Crippen molar-refractivity contribution in [1.29, 1.82) is 0 Å². The SMILES string of the molecule is Cn1c(=O)n(C2CCN(CC(=O)O)CC2)c(=O)c2[nH]cnc21. The third kappa shape index (κ3) is 2.33. The molecule has 9 nitrogen and oxygen atoms in total. The molecular weight excluding hydrogens is 290 g/mol. The maximum atomic E-state index is 12.5. The Bertz CT molecular complexity index is 825. The van der Waals surface area contributed by atoms with Crippen LogP contribution >= 0.6 is 0 Å². The number of H-pyrrole nitrogens is 1. The quantitative estimate of drug-likeness (QED) is 0.763. The molecule has 0 aromatic carbocycles. The fourth-order valence-corrected chi connectivity index (χ4v) is 3.01. The molecule has 1 saturated heterocycles. The highest BCUT2D eigenvalue weighted by molar-refractivity contribution is 5.69. The van der Waals surface area contributed by atoms with Crippen molar-refractivity contribution in [3.05, 3.63) is 27.2 Å². The van der Waals surface area contributed by atoms with Gasteiger partial charge in [0.2, 0.25) is 0 Å². The number of hydrogen-bond acceptors (Lipinski definition) is 5. The lowest BCUT2D eigenvalue weighted by atomic mass is 10.0. The molecule has 0 spiro atoms. The van der Waals surface area contributed by atoms with E-state index in [0.717, 1.165) is 0 Å². The topological polar surface area (TPSA) is 113 Å². The van der Waals surface area contributed by atoms with E-state index in [-0.39, 0.29) is 23.8 Å². The van der Waals surface area contributed by atoms with E-state index < -0.39 is 5.97 Å². The van der Waals surface area contributed by atoms with Crippen molar-refractivity contribution in [2.45, 2.75) is 18.9 Å². The Morgan fingerprint density at radius 3 is 2.73 bits per heavy atom. The summed E-state index contributed by atoms with van der Waals surface area (Å²) in [6.45, 7) is 1.08. The zero-order valence-corrected chi connectivity index (χ0v) is 12.2. The Balaban J connectivity index is 1.93. The van der Waals surface area contributed by atoms with Crippen LogP contribution in [0.1, 0.15) is 18.9 Å². The zero-order valence-electron chi connectivity index (χ0n) is 12.2. The van der Waals surface area contributed by atoms with Gasteiger partial charge in [-0.25, -0.2) is 9.78 Å². The van der Waals surface area contributed by atoms with Crippen molar-refractivity contribution in [2.75, 3.05) is 19.6 Å². The average Bonchev–Trinajstić information content (AvgIpc) is 2.96. The highest BCUT2D eigenvalue weighted by Crippen LogP contribution is 2.20. The van der Waals surface area contributed by atoms with Gasteiger partial charge in [-0.15, -0.1) is 0 Å². The van der Waals surface area contributed by atoms with Crippen LogP contribution in [0.15, 0.2) is 15.9 Å². The minimum Gasteiger partial charge on any atom is -0.480 e. The Hall–Kier alpha value is -2.42. The number of aryl methyl sites for hydroxylation is 1. The van der Waals surface area contributed by atoms with E-state index in [2.05, 4.69) is 9.97 Å². The van der Waals surface area contributed by atoms with E-state index >= 15 is 0 Å². The normalized spacial score (nSPS) is 17.1. The molecule has 0 amide bonds. The number of carboxylic acids is 1. The molecule has 0 atom stereocenters. The molecule has 22 heavy (non-hydrogen) atoms. The number of likely N-dealkylation sites (tertiary alicyclic amines) is 1. The van der Waals surface area contributed by atoms with Crippen LogP contribution in [0.4, 0.5) is 0 Å². The Morgan fingerprint density at radius 1 is 1.41 bits per heavy atom. The third-order valence-electron chi connectivity index (χ3n) is 4.14. The molecule has 1 aliphatic heterocycles. The number of imidazole rings is 1. The molecule has 0 bridgehead atoms. The number of piperidine rings is 1. The van der Waals surface area contributed by atoms with Crippen LogP contribution < -0.4 is 11.2 Å². The number of nitrogens with one attached hydrogen (secondary N) is 1. The van der Waals surface area contributed by atoms with Gasteiger partial charge < -0.3 is 10.1 Å². The minimum absolute atomic E-state index is 0.0147. The van der Waals surface area contributed by atoms with Crippen LogP contribution in [0.3, 0.4) is 0 Å². The Labute approximate surface area is 124 Å². The van der Waals surface area contributed by atoms with Crippen LogP contribution in [0, 0.1) is 0 Å². The second-order valence-electron chi connectivity index (χ2n) is 5.52. The summed E-state index contributed by atoms with van der Waals surface area (Å²) >= 11 is 0. The van der Waals surface area contributed by atoms with Gasteiger partial charge >= 0.3 is 11.7 Å². The molecule has 118 valence electrons. The number of carboxylic acid groups (broad SMARTS) is 1. The van der Waals surface area contributed by atoms with Gasteiger partial charge in [-0.2, -0.15) is 0 Å². The second-order valence-corrected chi connectivity index (χ2v) is 5.52. The van der Waals surface area contributed by atoms with Crippen LogP contribution in [0.2, 0.25) is 0 Å². The molecule has 0 radical (unpaired) electrons. The maximum Gasteiger partial charge on any atom is 0.332 e. The number of aliphatic carboxylic acids is 1. The van der Waals surface area contributed by atoms with Gasteiger partial charge in [0.15, 0.2) is 5.65 Å². The van der Waals surface area contributed by atoms with E-state index in [4.69, 9.17) is 5.11 Å². The molecule has 3 heterocycles. The summed E-state index contributed by atoms with van der Waals surface area (Å²) < 4.78 is 2.62. The predicted octanol–water partition coefficient (Wildman–Crippen LogP) is -0.855. The van der Waals surface area contributed by atoms with Crippen molar-refractivity contribution in [1.82, 2.24) is 24.0 Å². The number of carbonyl (C=O) groups is 1. The summed E-state index contributed by atoms with van der Waals surface area (Å²) in [4.78, 5) is 44.2. The van der Waals surface area contributed by atoms with Crippen LogP contribution in [0.25, 0.3) is 11.2 Å². The summed E-state index contributed by atoms with van der Waals surface area (Å²) in [7, 11) is 1.58. The largest absolute Gasteiger partial charge is 0.480 e. The number of aromatic amines is 1. The van der Waals surface area contributed by atoms with Gasteiger partial charge in [0, 0.05) is 26.2 Å². The van der Waals surface area contributed by atoms with Crippen LogP contribution in [-0.2, 0) is 11.8 Å². The number of hydrogen-bond donors (Lipinski definition) is 2. The number of fused-ring (bicyclic) bond motifs is 1. The molecule has 3 rings (SSSR count). The van der Waals surface area contributed by atoms with E-state index in [0.29, 0.717) is 37.1 Å². The molecule has 2 aromatic heterocycles. The van der Waals surface area contributed by atoms with Crippen molar-refractivity contribution < 1.29 is 9.90 Å². The first-order valence-corrected chi connectivity index (χ1v) is 7.08. The van der Waals surface area contributed by atoms with Crippen molar-refractivity contribution >= 4 is 17.1 Å². The lowest BCUT2D eigenvalue weighted by Crippen LogP contribution is -2.46. The van der Waals surface area contributed by atoms with Gasteiger partial charge in [-0.1, -0.05) is 0 Å². The molecule has 9 heteroatoms. The van der Waals surface area contributed by atoms with Crippen LogP contribution in [-0.4, -0.2) is 54.7 Å². The van der Waals surface area contributed by atoms with Crippen molar-refractivity contribution in [3.63, 3.8) is 0 Å². The van der Waals surface area contributed by atoms with E-state index in [9.17, 15) is 14.4 Å². The van der Waals surface area contributed by atoms with E-state index in [1.54, 1.807) is 7.05 Å². The van der Waals surface area contributed by atoms with E-state index in [1.165, 1.54) is 15.5 Å². The van der Waals surface area contributed by atoms with Crippen LogP contribution in [0.5, 0.6) is 0 Å². The summed E-state index contributed by atoms with van der Waals surface area (Å²) in [6, 6.07) is -0.219. The summed E-state index contributed by atoms with van der Waals surface area (Å²) in [5, 5.41) is 8.81. The minimum atomic E-state index is -0.870. The smallest absolute Gasteiger partial charge is 0.332 e. The predicted molar refractivity (Wildman–Crippen MR) is 77.9 cm³/mol. The highest BCUT2D eigenvalue weighted by atomic mass is 16.4. The van der Waals surface area contributed by atoms with Gasteiger partial charge in [0.1, 0.15) is 5.52 Å². The van der Waals surface area contributed by atoms with Crippen molar-refractivity contribution in [3.8, 4) is 0 Å². The maximum absolute atomic E-state index is 12.5. The summed E-state index contributed by atoms with van der Waals surface area (Å²) in [5.41, 5.74) is -0.0989. The Kier molecular flexibility index (Phi) is 3.57. The number of nitrogens with zero attached hydrogens (tertiary/aromatic N) is 4. The zero-order chi connectivity index (χ0) is 15.9. The molecule has 0 aliphatic carbocycles. The lowest BCUT2D eigenvalue weighted by Gasteiger charge is -2.31. The average molecular weight is 307 g/mol. The van der Waals surface area contributed by atoms with Gasteiger partial charge in [-0.05, 0) is 12.8 Å². The molecule has 0 saturated carbocycles. The van der Waals surface area contributed by atoms with Gasteiger partial charge in [-0.3, -0.25) is 23.6 Å². The summed E-state index contributed by atoms with van der Waals surface area (Å²) in [5.74, 6) is -0.870. The highest BCUT2D eigenvalue weighted by Gasteiger charge is 2.25. The van der Waals surface area contributed by atoms with Gasteiger partial charge in [0.05, 0.1) is 12.9 Å². The fraction of sp³-hybridized carbons (Fsp3) is 0.538. The Morgan fingerprint density at radius 2 is 2.09 bits per heavy atom. The first kappa shape index (κ1) is 14.5. The molecule has 0 unspecified atom stereocenters. The molecule has 1 aliphatic rings. The molecule has 2 aromatic rings. The second kappa shape index (κ2) is 5.41. The van der Waals surface area contributed by atoms with Crippen molar-refractivity contribution in [2.24, 2.45) is 7.05 Å².